The SMILES string of the molecule is CC(C)CC(NC(=O)C1CCCCC1)C(=O)OCc1ccccc1. The topological polar surface area (TPSA) is 55.4 Å². The van der Waals surface area contributed by atoms with E-state index in [1.807, 2.05) is 44.2 Å². The van der Waals surface area contributed by atoms with Gasteiger partial charge < -0.3 is 10.1 Å². The molecular weight excluding hydrogens is 302 g/mol. The van der Waals surface area contributed by atoms with Crippen molar-refractivity contribution < 1.29 is 14.3 Å². The number of nitrogens with one attached hydrogen (secondary N) is 1. The van der Waals surface area contributed by atoms with Crippen LogP contribution in [-0.2, 0) is 20.9 Å². The molecule has 2 rings (SSSR count). The minimum atomic E-state index is -0.553. The van der Waals surface area contributed by atoms with E-state index in [0.717, 1.165) is 31.2 Å². The first-order valence-electron chi connectivity index (χ1n) is 9.07. The van der Waals surface area contributed by atoms with Gasteiger partial charge in [0, 0.05) is 5.92 Å². The van der Waals surface area contributed by atoms with E-state index in [9.17, 15) is 9.59 Å². The van der Waals surface area contributed by atoms with Gasteiger partial charge in [0.25, 0.3) is 0 Å². The van der Waals surface area contributed by atoms with Crippen molar-refractivity contribution >= 4 is 11.9 Å². The fourth-order valence-corrected chi connectivity index (χ4v) is 3.17. The van der Waals surface area contributed by atoms with Gasteiger partial charge in [-0.25, -0.2) is 4.79 Å². The zero-order valence-electron chi connectivity index (χ0n) is 14.8. The summed E-state index contributed by atoms with van der Waals surface area (Å²) in [5.74, 6) is 0.0370. The van der Waals surface area contributed by atoms with Gasteiger partial charge in [0.1, 0.15) is 12.6 Å². The van der Waals surface area contributed by atoms with Crippen molar-refractivity contribution in [3.8, 4) is 0 Å². The number of rotatable bonds is 7. The predicted octanol–water partition coefficient (Wildman–Crippen LogP) is 3.84. The summed E-state index contributed by atoms with van der Waals surface area (Å²) in [5.41, 5.74) is 0.952. The van der Waals surface area contributed by atoms with Crippen molar-refractivity contribution in [1.82, 2.24) is 5.32 Å². The summed E-state index contributed by atoms with van der Waals surface area (Å²) in [5, 5.41) is 2.94. The number of esters is 1. The average molecular weight is 331 g/mol. The minimum Gasteiger partial charge on any atom is -0.459 e. The Kier molecular flexibility index (Phi) is 7.29. The molecule has 0 radical (unpaired) electrons. The molecule has 0 bridgehead atoms. The number of carbonyl (C=O) groups excluding carboxylic acids is 2. The first-order valence-corrected chi connectivity index (χ1v) is 9.07. The monoisotopic (exact) mass is 331 g/mol. The van der Waals surface area contributed by atoms with Gasteiger partial charge in [0.2, 0.25) is 5.91 Å². The van der Waals surface area contributed by atoms with Crippen LogP contribution in [0.15, 0.2) is 30.3 Å². The van der Waals surface area contributed by atoms with Crippen LogP contribution in [0.25, 0.3) is 0 Å². The van der Waals surface area contributed by atoms with E-state index in [1.54, 1.807) is 0 Å². The molecule has 1 atom stereocenters. The van der Waals surface area contributed by atoms with Crippen LogP contribution < -0.4 is 5.32 Å². The Bertz CT molecular complexity index is 521. The van der Waals surface area contributed by atoms with Crippen molar-refractivity contribution in [3.05, 3.63) is 35.9 Å². The number of carbonyl (C=O) groups is 2. The van der Waals surface area contributed by atoms with Crippen molar-refractivity contribution in [2.75, 3.05) is 0 Å². The fraction of sp³-hybridized carbons (Fsp3) is 0.600. The van der Waals surface area contributed by atoms with E-state index >= 15 is 0 Å². The largest absolute Gasteiger partial charge is 0.459 e. The maximum Gasteiger partial charge on any atom is 0.328 e. The highest BCUT2D eigenvalue weighted by Crippen LogP contribution is 2.24. The maximum atomic E-state index is 12.4. The third kappa shape index (κ3) is 5.99. The van der Waals surface area contributed by atoms with Crippen LogP contribution in [-0.4, -0.2) is 17.9 Å². The molecule has 0 spiro atoms. The highest BCUT2D eigenvalue weighted by molar-refractivity contribution is 5.85. The van der Waals surface area contributed by atoms with Gasteiger partial charge in [-0.15, -0.1) is 0 Å². The summed E-state index contributed by atoms with van der Waals surface area (Å²) in [4.78, 5) is 24.9. The van der Waals surface area contributed by atoms with Crippen molar-refractivity contribution in [1.29, 1.82) is 0 Å². The molecular formula is C20H29NO3. The number of benzene rings is 1. The predicted molar refractivity (Wildman–Crippen MR) is 94.2 cm³/mol. The van der Waals surface area contributed by atoms with Gasteiger partial charge in [-0.05, 0) is 30.7 Å². The highest BCUT2D eigenvalue weighted by Gasteiger charge is 2.28. The smallest absolute Gasteiger partial charge is 0.328 e. The second kappa shape index (κ2) is 9.45. The van der Waals surface area contributed by atoms with Gasteiger partial charge in [-0.2, -0.15) is 0 Å². The van der Waals surface area contributed by atoms with Gasteiger partial charge >= 0.3 is 5.97 Å². The molecule has 1 amide bonds. The van der Waals surface area contributed by atoms with E-state index < -0.39 is 6.04 Å². The molecule has 1 unspecified atom stereocenters. The lowest BCUT2D eigenvalue weighted by molar-refractivity contribution is -0.150. The lowest BCUT2D eigenvalue weighted by atomic mass is 9.88. The number of amides is 1. The number of hydrogen-bond acceptors (Lipinski definition) is 3. The zero-order chi connectivity index (χ0) is 17.4. The molecule has 4 heteroatoms. The third-order valence-electron chi connectivity index (χ3n) is 4.51. The molecule has 1 aliphatic carbocycles. The molecule has 0 aromatic heterocycles. The lowest BCUT2D eigenvalue weighted by Crippen LogP contribution is -2.45. The average Bonchev–Trinajstić information content (AvgIpc) is 2.60. The second-order valence-corrected chi connectivity index (χ2v) is 7.12. The van der Waals surface area contributed by atoms with Crippen LogP contribution in [0.1, 0.15) is 57.9 Å². The molecule has 1 aliphatic rings. The fourth-order valence-electron chi connectivity index (χ4n) is 3.17. The molecule has 1 aromatic carbocycles. The molecule has 132 valence electrons. The van der Waals surface area contributed by atoms with Crippen molar-refractivity contribution in [2.24, 2.45) is 11.8 Å². The Morgan fingerprint density at radius 1 is 1.12 bits per heavy atom. The third-order valence-corrected chi connectivity index (χ3v) is 4.51. The Morgan fingerprint density at radius 3 is 2.42 bits per heavy atom. The summed E-state index contributed by atoms with van der Waals surface area (Å²) in [6.45, 7) is 4.34. The highest BCUT2D eigenvalue weighted by atomic mass is 16.5. The van der Waals surface area contributed by atoms with Crippen LogP contribution in [0.5, 0.6) is 0 Å². The molecule has 1 N–H and O–H groups in total. The molecule has 0 heterocycles. The second-order valence-electron chi connectivity index (χ2n) is 7.12. The lowest BCUT2D eigenvalue weighted by Gasteiger charge is -2.25. The van der Waals surface area contributed by atoms with E-state index in [1.165, 1.54) is 6.42 Å². The summed E-state index contributed by atoms with van der Waals surface area (Å²) in [6.07, 6.45) is 5.87. The van der Waals surface area contributed by atoms with Gasteiger partial charge in [-0.3, -0.25) is 4.79 Å². The molecule has 1 fully saturated rings. The number of hydrogen-bond donors (Lipinski definition) is 1. The molecule has 24 heavy (non-hydrogen) atoms. The van der Waals surface area contributed by atoms with Crippen molar-refractivity contribution in [2.45, 2.75) is 65.0 Å². The molecule has 0 aliphatic heterocycles. The Labute approximate surface area is 145 Å². The molecule has 0 saturated heterocycles. The number of ether oxygens (including phenoxy) is 1. The van der Waals surface area contributed by atoms with Crippen LogP contribution in [0.2, 0.25) is 0 Å². The van der Waals surface area contributed by atoms with E-state index in [-0.39, 0.29) is 24.4 Å². The zero-order valence-corrected chi connectivity index (χ0v) is 14.8. The Hall–Kier alpha value is -1.84. The molecule has 1 saturated carbocycles. The normalized spacial score (nSPS) is 16.6. The van der Waals surface area contributed by atoms with Crippen LogP contribution >= 0.6 is 0 Å². The van der Waals surface area contributed by atoms with E-state index in [4.69, 9.17) is 4.74 Å². The quantitative estimate of drug-likeness (QED) is 0.772. The van der Waals surface area contributed by atoms with Gasteiger partial charge in [0.15, 0.2) is 0 Å². The van der Waals surface area contributed by atoms with Crippen LogP contribution in [0, 0.1) is 11.8 Å². The van der Waals surface area contributed by atoms with E-state index in [2.05, 4.69) is 5.32 Å². The van der Waals surface area contributed by atoms with Crippen LogP contribution in [0.4, 0.5) is 0 Å². The standard InChI is InChI=1S/C20H29NO3/c1-15(2)13-18(21-19(22)17-11-7-4-8-12-17)20(23)24-14-16-9-5-3-6-10-16/h3,5-6,9-10,15,17-18H,4,7-8,11-14H2,1-2H3,(H,21,22). The minimum absolute atomic E-state index is 0.0111. The molecule has 1 aromatic rings. The molecule has 4 nitrogen and oxygen atoms in total. The summed E-state index contributed by atoms with van der Waals surface area (Å²) >= 11 is 0. The van der Waals surface area contributed by atoms with Crippen molar-refractivity contribution in [3.63, 3.8) is 0 Å². The maximum absolute atomic E-state index is 12.4. The Morgan fingerprint density at radius 2 is 1.79 bits per heavy atom. The van der Waals surface area contributed by atoms with E-state index in [0.29, 0.717) is 12.3 Å². The first-order chi connectivity index (χ1) is 11.6. The first kappa shape index (κ1) is 18.5. The van der Waals surface area contributed by atoms with Crippen LogP contribution in [0.3, 0.4) is 0 Å². The summed E-state index contributed by atoms with van der Waals surface area (Å²) < 4.78 is 5.43. The summed E-state index contributed by atoms with van der Waals surface area (Å²) in [6, 6.07) is 9.05. The van der Waals surface area contributed by atoms with Gasteiger partial charge in [0.05, 0.1) is 0 Å². The van der Waals surface area contributed by atoms with Gasteiger partial charge in [-0.1, -0.05) is 63.4 Å². The summed E-state index contributed by atoms with van der Waals surface area (Å²) in [7, 11) is 0. The Balaban J connectivity index is 1.90.